The SMILES string of the molecule is CN=C(NCCCOc1ccccc1)NCc1ccccc1S(=O)(=O)NC(C)(C)C. The fraction of sp³-hybridized carbons (Fsp3) is 0.409. The van der Waals surface area contributed by atoms with Gasteiger partial charge in [0.2, 0.25) is 10.0 Å². The topological polar surface area (TPSA) is 91.8 Å². The molecule has 8 heteroatoms. The lowest BCUT2D eigenvalue weighted by Gasteiger charge is -2.22. The highest BCUT2D eigenvalue weighted by molar-refractivity contribution is 7.89. The van der Waals surface area contributed by atoms with E-state index in [2.05, 4.69) is 20.3 Å². The summed E-state index contributed by atoms with van der Waals surface area (Å²) in [5.41, 5.74) is 0.114. The van der Waals surface area contributed by atoms with Crippen molar-refractivity contribution in [2.75, 3.05) is 20.2 Å². The molecular weight excluding hydrogens is 400 g/mol. The molecule has 164 valence electrons. The van der Waals surface area contributed by atoms with Crippen molar-refractivity contribution in [2.45, 2.75) is 44.2 Å². The lowest BCUT2D eigenvalue weighted by molar-refractivity contribution is 0.311. The van der Waals surface area contributed by atoms with Crippen LogP contribution in [0.5, 0.6) is 5.75 Å². The van der Waals surface area contributed by atoms with Crippen LogP contribution in [-0.2, 0) is 16.6 Å². The predicted molar refractivity (Wildman–Crippen MR) is 121 cm³/mol. The van der Waals surface area contributed by atoms with Crippen LogP contribution in [0.4, 0.5) is 0 Å². The Bertz CT molecular complexity index is 923. The molecular formula is C22H32N4O3S. The van der Waals surface area contributed by atoms with Crippen LogP contribution in [0.3, 0.4) is 0 Å². The summed E-state index contributed by atoms with van der Waals surface area (Å²) in [6.45, 7) is 7.06. The van der Waals surface area contributed by atoms with Gasteiger partial charge in [-0.1, -0.05) is 36.4 Å². The summed E-state index contributed by atoms with van der Waals surface area (Å²) in [5.74, 6) is 1.45. The van der Waals surface area contributed by atoms with Gasteiger partial charge in [-0.25, -0.2) is 13.1 Å². The highest BCUT2D eigenvalue weighted by atomic mass is 32.2. The van der Waals surface area contributed by atoms with Crippen LogP contribution in [-0.4, -0.2) is 40.1 Å². The van der Waals surface area contributed by atoms with Crippen LogP contribution >= 0.6 is 0 Å². The number of aliphatic imine (C=N–C) groups is 1. The molecule has 0 spiro atoms. The largest absolute Gasteiger partial charge is 0.494 e. The third kappa shape index (κ3) is 8.04. The van der Waals surface area contributed by atoms with E-state index in [-0.39, 0.29) is 4.90 Å². The lowest BCUT2D eigenvalue weighted by atomic mass is 10.1. The summed E-state index contributed by atoms with van der Waals surface area (Å²) in [6.07, 6.45) is 0.802. The minimum atomic E-state index is -3.62. The highest BCUT2D eigenvalue weighted by Crippen LogP contribution is 2.17. The van der Waals surface area contributed by atoms with E-state index in [9.17, 15) is 8.42 Å². The number of nitrogens with zero attached hydrogens (tertiary/aromatic N) is 1. The first-order valence-corrected chi connectivity index (χ1v) is 11.4. The van der Waals surface area contributed by atoms with Crippen molar-refractivity contribution >= 4 is 16.0 Å². The molecule has 0 amide bonds. The standard InChI is InChI=1S/C22H32N4O3S/c1-22(2,3)26-30(27,28)20-14-9-8-11-18(20)17-25-21(23-4)24-15-10-16-29-19-12-6-5-7-13-19/h5-9,11-14,26H,10,15-17H2,1-4H3,(H2,23,24,25). The Balaban J connectivity index is 1.86. The number of sulfonamides is 1. The van der Waals surface area contributed by atoms with E-state index in [1.807, 2.05) is 57.2 Å². The van der Waals surface area contributed by atoms with Crippen molar-refractivity contribution in [2.24, 2.45) is 4.99 Å². The Morgan fingerprint density at radius 1 is 1.00 bits per heavy atom. The van der Waals surface area contributed by atoms with Gasteiger partial charge in [0.1, 0.15) is 5.75 Å². The Morgan fingerprint density at radius 3 is 2.33 bits per heavy atom. The summed E-state index contributed by atoms with van der Waals surface area (Å²) in [5, 5.41) is 6.39. The first kappa shape index (κ1) is 23.7. The second-order valence-electron chi connectivity index (χ2n) is 7.83. The Hall–Kier alpha value is -2.58. The number of benzene rings is 2. The molecule has 0 atom stereocenters. The Labute approximate surface area is 180 Å². The van der Waals surface area contributed by atoms with Crippen molar-refractivity contribution in [1.82, 2.24) is 15.4 Å². The van der Waals surface area contributed by atoms with Crippen LogP contribution in [0.15, 0.2) is 64.5 Å². The molecule has 0 aromatic heterocycles. The van der Waals surface area contributed by atoms with Gasteiger partial charge in [0.05, 0.1) is 11.5 Å². The van der Waals surface area contributed by atoms with Gasteiger partial charge >= 0.3 is 0 Å². The van der Waals surface area contributed by atoms with Gasteiger partial charge in [0.25, 0.3) is 0 Å². The van der Waals surface area contributed by atoms with E-state index in [1.54, 1.807) is 25.2 Å². The van der Waals surface area contributed by atoms with E-state index < -0.39 is 15.6 Å². The van der Waals surface area contributed by atoms with Crippen LogP contribution in [0.25, 0.3) is 0 Å². The molecule has 2 rings (SSSR count). The van der Waals surface area contributed by atoms with E-state index in [4.69, 9.17) is 4.74 Å². The summed E-state index contributed by atoms with van der Waals surface area (Å²) in [6, 6.07) is 16.6. The molecule has 0 fully saturated rings. The molecule has 0 saturated heterocycles. The lowest BCUT2D eigenvalue weighted by Crippen LogP contribution is -2.41. The molecule has 7 nitrogen and oxygen atoms in total. The van der Waals surface area contributed by atoms with Crippen LogP contribution in [0.2, 0.25) is 0 Å². The van der Waals surface area contributed by atoms with E-state index in [1.165, 1.54) is 0 Å². The van der Waals surface area contributed by atoms with Gasteiger partial charge in [-0.2, -0.15) is 0 Å². The molecule has 0 unspecified atom stereocenters. The molecule has 2 aromatic carbocycles. The highest BCUT2D eigenvalue weighted by Gasteiger charge is 2.24. The zero-order chi connectivity index (χ0) is 22.0. The monoisotopic (exact) mass is 432 g/mol. The number of ether oxygens (including phenoxy) is 1. The van der Waals surface area contributed by atoms with E-state index in [0.717, 1.165) is 12.2 Å². The van der Waals surface area contributed by atoms with Crippen molar-refractivity contribution in [1.29, 1.82) is 0 Å². The molecule has 2 aromatic rings. The normalized spacial score (nSPS) is 12.5. The van der Waals surface area contributed by atoms with Gasteiger partial charge in [-0.15, -0.1) is 0 Å². The predicted octanol–water partition coefficient (Wildman–Crippen LogP) is 2.90. The molecule has 0 aliphatic carbocycles. The first-order valence-electron chi connectivity index (χ1n) is 9.95. The number of guanidine groups is 1. The number of rotatable bonds is 9. The smallest absolute Gasteiger partial charge is 0.241 e. The molecule has 0 radical (unpaired) electrons. The third-order valence-corrected chi connectivity index (χ3v) is 5.86. The summed E-state index contributed by atoms with van der Waals surface area (Å²) in [7, 11) is -1.94. The summed E-state index contributed by atoms with van der Waals surface area (Å²) >= 11 is 0. The minimum absolute atomic E-state index is 0.263. The Morgan fingerprint density at radius 2 is 1.67 bits per heavy atom. The van der Waals surface area contributed by atoms with Crippen molar-refractivity contribution in [3.05, 3.63) is 60.2 Å². The quantitative estimate of drug-likeness (QED) is 0.322. The molecule has 0 aliphatic heterocycles. The molecule has 0 aliphatic rings. The van der Waals surface area contributed by atoms with Crippen LogP contribution in [0.1, 0.15) is 32.8 Å². The minimum Gasteiger partial charge on any atom is -0.494 e. The van der Waals surface area contributed by atoms with Crippen molar-refractivity contribution < 1.29 is 13.2 Å². The maximum Gasteiger partial charge on any atom is 0.241 e. The van der Waals surface area contributed by atoms with Gasteiger partial charge in [-0.05, 0) is 51.0 Å². The van der Waals surface area contributed by atoms with Gasteiger partial charge in [-0.3, -0.25) is 4.99 Å². The zero-order valence-electron chi connectivity index (χ0n) is 18.1. The fourth-order valence-electron chi connectivity index (χ4n) is 2.76. The molecule has 0 heterocycles. The maximum absolute atomic E-state index is 12.7. The zero-order valence-corrected chi connectivity index (χ0v) is 18.9. The summed E-state index contributed by atoms with van der Waals surface area (Å²) in [4.78, 5) is 4.46. The molecule has 0 saturated carbocycles. The first-order chi connectivity index (χ1) is 14.2. The summed E-state index contributed by atoms with van der Waals surface area (Å²) < 4.78 is 33.9. The average Bonchev–Trinajstić information content (AvgIpc) is 2.69. The second-order valence-corrected chi connectivity index (χ2v) is 9.48. The molecule has 0 bridgehead atoms. The van der Waals surface area contributed by atoms with Gasteiger partial charge in [0, 0.05) is 25.7 Å². The fourth-order valence-corrected chi connectivity index (χ4v) is 4.41. The van der Waals surface area contributed by atoms with Crippen molar-refractivity contribution in [3.8, 4) is 5.75 Å². The van der Waals surface area contributed by atoms with Gasteiger partial charge in [0.15, 0.2) is 5.96 Å². The third-order valence-electron chi connectivity index (χ3n) is 4.00. The average molecular weight is 433 g/mol. The van der Waals surface area contributed by atoms with Crippen LogP contribution < -0.4 is 20.1 Å². The van der Waals surface area contributed by atoms with Crippen LogP contribution in [0, 0.1) is 0 Å². The molecule has 3 N–H and O–H groups in total. The number of nitrogens with one attached hydrogen (secondary N) is 3. The van der Waals surface area contributed by atoms with Crippen molar-refractivity contribution in [3.63, 3.8) is 0 Å². The Kier molecular flexibility index (Phi) is 8.68. The number of hydrogen-bond acceptors (Lipinski definition) is 4. The maximum atomic E-state index is 12.7. The second kappa shape index (κ2) is 11.0. The van der Waals surface area contributed by atoms with E-state index >= 15 is 0 Å². The number of hydrogen-bond donors (Lipinski definition) is 3. The van der Waals surface area contributed by atoms with Gasteiger partial charge < -0.3 is 15.4 Å². The van der Waals surface area contributed by atoms with E-state index in [0.29, 0.717) is 31.2 Å². The molecule has 30 heavy (non-hydrogen) atoms. The number of para-hydroxylation sites is 1.